The lowest BCUT2D eigenvalue weighted by Crippen LogP contribution is -2.23. The van der Waals surface area contributed by atoms with E-state index in [0.29, 0.717) is 21.9 Å². The molecular formula is C18H15FN6O2S. The van der Waals surface area contributed by atoms with Crippen molar-refractivity contribution in [2.75, 3.05) is 5.32 Å². The van der Waals surface area contributed by atoms with Gasteiger partial charge in [0.05, 0.1) is 23.9 Å². The number of fused-ring (bicyclic) bond motifs is 1. The number of nitrogens with zero attached hydrogens (tertiary/aromatic N) is 5. The van der Waals surface area contributed by atoms with E-state index in [2.05, 4.69) is 20.4 Å². The van der Waals surface area contributed by atoms with Crippen molar-refractivity contribution in [1.82, 2.24) is 24.3 Å². The maximum absolute atomic E-state index is 13.1. The Hall–Kier alpha value is -3.40. The molecule has 0 spiro atoms. The first-order valence-corrected chi connectivity index (χ1v) is 9.30. The molecule has 1 aromatic carbocycles. The number of anilines is 1. The summed E-state index contributed by atoms with van der Waals surface area (Å²) in [5, 5.41) is 9.59. The summed E-state index contributed by atoms with van der Waals surface area (Å²) >= 11 is 1.35. The fourth-order valence-corrected chi connectivity index (χ4v) is 3.40. The van der Waals surface area contributed by atoms with Crippen molar-refractivity contribution in [3.8, 4) is 5.69 Å². The van der Waals surface area contributed by atoms with Crippen molar-refractivity contribution in [3.63, 3.8) is 0 Å². The first kappa shape index (κ1) is 18.0. The fraction of sp³-hybridized carbons (Fsp3) is 0.167. The normalized spacial score (nSPS) is 11.1. The van der Waals surface area contributed by atoms with Gasteiger partial charge in [-0.2, -0.15) is 5.10 Å². The maximum atomic E-state index is 13.1. The average molecular weight is 398 g/mol. The SMILES string of the molecule is Cc1csc(NC(=O)CCn2cnc3c(cnn3-c3ccc(F)cc3)c2=O)n1. The van der Waals surface area contributed by atoms with Crippen LogP contribution in [0.5, 0.6) is 0 Å². The molecule has 28 heavy (non-hydrogen) atoms. The Morgan fingerprint density at radius 2 is 2.07 bits per heavy atom. The van der Waals surface area contributed by atoms with Crippen LogP contribution in [0.3, 0.4) is 0 Å². The zero-order valence-corrected chi connectivity index (χ0v) is 15.6. The molecular weight excluding hydrogens is 383 g/mol. The number of amides is 1. The Labute approximate surface area is 162 Å². The lowest BCUT2D eigenvalue weighted by molar-refractivity contribution is -0.116. The molecule has 0 saturated heterocycles. The van der Waals surface area contributed by atoms with E-state index in [9.17, 15) is 14.0 Å². The Balaban J connectivity index is 1.53. The van der Waals surface area contributed by atoms with E-state index in [1.54, 1.807) is 12.1 Å². The third-order valence-corrected chi connectivity index (χ3v) is 4.95. The van der Waals surface area contributed by atoms with Crippen molar-refractivity contribution in [2.45, 2.75) is 19.9 Å². The largest absolute Gasteiger partial charge is 0.302 e. The second-order valence-electron chi connectivity index (χ2n) is 6.11. The van der Waals surface area contributed by atoms with E-state index in [1.807, 2.05) is 12.3 Å². The molecule has 8 nitrogen and oxygen atoms in total. The molecule has 0 aliphatic heterocycles. The molecule has 0 aliphatic rings. The van der Waals surface area contributed by atoms with Crippen LogP contribution in [0.25, 0.3) is 16.7 Å². The van der Waals surface area contributed by atoms with Crippen LogP contribution in [0.1, 0.15) is 12.1 Å². The number of thiazole rings is 1. The third-order valence-electron chi connectivity index (χ3n) is 4.07. The third kappa shape index (κ3) is 3.54. The van der Waals surface area contributed by atoms with Gasteiger partial charge in [0.15, 0.2) is 10.8 Å². The molecule has 3 heterocycles. The van der Waals surface area contributed by atoms with Crippen LogP contribution in [-0.2, 0) is 11.3 Å². The minimum absolute atomic E-state index is 0.109. The molecule has 0 fully saturated rings. The number of carbonyl (C=O) groups excluding carboxylic acids is 1. The molecule has 4 aromatic rings. The van der Waals surface area contributed by atoms with Crippen LogP contribution in [0.2, 0.25) is 0 Å². The fourth-order valence-electron chi connectivity index (χ4n) is 2.69. The van der Waals surface area contributed by atoms with E-state index in [0.717, 1.165) is 5.69 Å². The topological polar surface area (TPSA) is 94.7 Å². The van der Waals surface area contributed by atoms with Crippen molar-refractivity contribution in [1.29, 1.82) is 0 Å². The predicted molar refractivity (Wildman–Crippen MR) is 103 cm³/mol. The van der Waals surface area contributed by atoms with Crippen molar-refractivity contribution in [3.05, 3.63) is 64.0 Å². The van der Waals surface area contributed by atoms with Crippen molar-refractivity contribution >= 4 is 33.4 Å². The lowest BCUT2D eigenvalue weighted by atomic mass is 10.3. The van der Waals surface area contributed by atoms with Gasteiger partial charge in [-0.3, -0.25) is 14.2 Å². The van der Waals surface area contributed by atoms with Crippen LogP contribution >= 0.6 is 11.3 Å². The number of carbonyl (C=O) groups is 1. The summed E-state index contributed by atoms with van der Waals surface area (Å²) in [5.74, 6) is -0.593. The molecule has 0 bridgehead atoms. The highest BCUT2D eigenvalue weighted by molar-refractivity contribution is 7.13. The van der Waals surface area contributed by atoms with E-state index in [-0.39, 0.29) is 30.2 Å². The molecule has 1 N–H and O–H groups in total. The van der Waals surface area contributed by atoms with Gasteiger partial charge < -0.3 is 5.32 Å². The van der Waals surface area contributed by atoms with Gasteiger partial charge in [-0.25, -0.2) is 19.0 Å². The monoisotopic (exact) mass is 398 g/mol. The first-order valence-electron chi connectivity index (χ1n) is 8.42. The average Bonchev–Trinajstić information content (AvgIpc) is 3.28. The Morgan fingerprint density at radius 3 is 2.79 bits per heavy atom. The van der Waals surface area contributed by atoms with Gasteiger partial charge in [-0.15, -0.1) is 11.3 Å². The number of hydrogen-bond acceptors (Lipinski definition) is 6. The van der Waals surface area contributed by atoms with Gasteiger partial charge in [0.25, 0.3) is 5.56 Å². The van der Waals surface area contributed by atoms with E-state index in [1.165, 1.54) is 45.2 Å². The minimum atomic E-state index is -0.360. The van der Waals surface area contributed by atoms with Gasteiger partial charge in [-0.05, 0) is 31.2 Å². The number of benzene rings is 1. The molecule has 1 amide bonds. The van der Waals surface area contributed by atoms with Gasteiger partial charge in [0, 0.05) is 18.3 Å². The molecule has 3 aromatic heterocycles. The molecule has 0 radical (unpaired) electrons. The van der Waals surface area contributed by atoms with Crippen molar-refractivity contribution < 1.29 is 9.18 Å². The molecule has 4 rings (SSSR count). The summed E-state index contributed by atoms with van der Waals surface area (Å²) < 4.78 is 16.0. The minimum Gasteiger partial charge on any atom is -0.302 e. The van der Waals surface area contributed by atoms with Crippen LogP contribution in [0, 0.1) is 12.7 Å². The van der Waals surface area contributed by atoms with E-state index in [4.69, 9.17) is 0 Å². The summed E-state index contributed by atoms with van der Waals surface area (Å²) in [6.45, 7) is 2.03. The molecule has 0 aliphatic carbocycles. The number of rotatable bonds is 5. The Bertz CT molecular complexity index is 1210. The van der Waals surface area contributed by atoms with Gasteiger partial charge in [-0.1, -0.05) is 0 Å². The van der Waals surface area contributed by atoms with E-state index >= 15 is 0 Å². The lowest BCUT2D eigenvalue weighted by Gasteiger charge is -2.06. The maximum Gasteiger partial charge on any atom is 0.264 e. The molecule has 142 valence electrons. The standard InChI is InChI=1S/C18H15FN6O2S/c1-11-9-28-18(22-11)23-15(26)6-7-24-10-20-16-14(17(24)27)8-21-25(16)13-4-2-12(19)3-5-13/h2-5,8-10H,6-7H2,1H3,(H,22,23,26). The summed E-state index contributed by atoms with van der Waals surface area (Å²) in [6.07, 6.45) is 2.91. The van der Waals surface area contributed by atoms with Crippen LogP contribution in [-0.4, -0.2) is 30.2 Å². The number of aromatic nitrogens is 5. The summed E-state index contributed by atoms with van der Waals surface area (Å²) in [7, 11) is 0. The first-order chi connectivity index (χ1) is 13.5. The van der Waals surface area contributed by atoms with Crippen LogP contribution in [0.4, 0.5) is 9.52 Å². The zero-order valence-electron chi connectivity index (χ0n) is 14.8. The van der Waals surface area contributed by atoms with E-state index < -0.39 is 0 Å². The second-order valence-corrected chi connectivity index (χ2v) is 6.96. The van der Waals surface area contributed by atoms with Crippen LogP contribution < -0.4 is 10.9 Å². The van der Waals surface area contributed by atoms with Gasteiger partial charge >= 0.3 is 0 Å². The summed E-state index contributed by atoms with van der Waals surface area (Å²) in [6, 6.07) is 5.73. The predicted octanol–water partition coefficient (Wildman–Crippen LogP) is 2.52. The number of nitrogens with one attached hydrogen (secondary N) is 1. The highest BCUT2D eigenvalue weighted by Gasteiger charge is 2.13. The number of aryl methyl sites for hydroxylation is 2. The second kappa shape index (κ2) is 7.31. The van der Waals surface area contributed by atoms with Gasteiger partial charge in [0.2, 0.25) is 5.91 Å². The number of halogens is 1. The molecule has 0 atom stereocenters. The Morgan fingerprint density at radius 1 is 1.29 bits per heavy atom. The molecule has 0 saturated carbocycles. The molecule has 0 unspecified atom stereocenters. The van der Waals surface area contributed by atoms with Gasteiger partial charge in [0.1, 0.15) is 11.2 Å². The number of hydrogen-bond donors (Lipinski definition) is 1. The summed E-state index contributed by atoms with van der Waals surface area (Å²) in [5.41, 5.74) is 1.51. The quantitative estimate of drug-likeness (QED) is 0.557. The molecule has 10 heteroatoms. The highest BCUT2D eigenvalue weighted by atomic mass is 32.1. The highest BCUT2D eigenvalue weighted by Crippen LogP contribution is 2.15. The Kier molecular flexibility index (Phi) is 4.70. The summed E-state index contributed by atoms with van der Waals surface area (Å²) in [4.78, 5) is 33.2. The van der Waals surface area contributed by atoms with Crippen molar-refractivity contribution in [2.24, 2.45) is 0 Å². The van der Waals surface area contributed by atoms with Crippen LogP contribution in [0.15, 0.2) is 47.0 Å². The smallest absolute Gasteiger partial charge is 0.264 e. The zero-order chi connectivity index (χ0) is 19.7.